The first-order valence-electron chi connectivity index (χ1n) is 6.34. The number of nitrogens with one attached hydrogen (secondary N) is 1. The van der Waals surface area contributed by atoms with Crippen LogP contribution in [0.25, 0.3) is 0 Å². The highest BCUT2D eigenvalue weighted by Gasteiger charge is 2.29. The van der Waals surface area contributed by atoms with E-state index in [0.717, 1.165) is 19.3 Å². The van der Waals surface area contributed by atoms with E-state index >= 15 is 0 Å². The first-order valence-corrected chi connectivity index (χ1v) is 6.34. The summed E-state index contributed by atoms with van der Waals surface area (Å²) in [4.78, 5) is 24.2. The Morgan fingerprint density at radius 3 is 2.50 bits per heavy atom. The first-order chi connectivity index (χ1) is 8.47. The van der Waals surface area contributed by atoms with Crippen molar-refractivity contribution in [2.45, 2.75) is 44.7 Å². The highest BCUT2D eigenvalue weighted by atomic mass is 16.4. The van der Waals surface area contributed by atoms with Crippen LogP contribution in [-0.2, 0) is 4.79 Å². The lowest BCUT2D eigenvalue weighted by atomic mass is 9.85. The molecule has 3 N–H and O–H groups in total. The van der Waals surface area contributed by atoms with E-state index in [1.807, 2.05) is 0 Å². The van der Waals surface area contributed by atoms with Crippen molar-refractivity contribution in [2.24, 2.45) is 5.92 Å². The van der Waals surface area contributed by atoms with E-state index in [1.165, 1.54) is 6.42 Å². The molecule has 1 aliphatic carbocycles. The molecule has 3 atom stereocenters. The van der Waals surface area contributed by atoms with Crippen LogP contribution in [0.4, 0.5) is 4.79 Å². The summed E-state index contributed by atoms with van der Waals surface area (Å²) >= 11 is 0. The molecular weight excluding hydrogens is 236 g/mol. The zero-order chi connectivity index (χ0) is 13.7. The summed E-state index contributed by atoms with van der Waals surface area (Å²) in [6, 6.07) is -1.53. The average molecular weight is 258 g/mol. The van der Waals surface area contributed by atoms with E-state index < -0.39 is 24.6 Å². The molecule has 0 radical (unpaired) electrons. The lowest BCUT2D eigenvalue weighted by molar-refractivity contribution is -0.140. The monoisotopic (exact) mass is 258 g/mol. The fourth-order valence-electron chi connectivity index (χ4n) is 2.46. The van der Waals surface area contributed by atoms with E-state index in [4.69, 9.17) is 10.2 Å². The lowest BCUT2D eigenvalue weighted by Gasteiger charge is -2.36. The summed E-state index contributed by atoms with van der Waals surface area (Å²) in [5.74, 6) is -0.803. The van der Waals surface area contributed by atoms with Crippen LogP contribution in [-0.4, -0.2) is 52.9 Å². The molecule has 104 valence electrons. The van der Waals surface area contributed by atoms with Crippen molar-refractivity contribution in [2.75, 3.05) is 13.7 Å². The van der Waals surface area contributed by atoms with E-state index in [2.05, 4.69) is 12.2 Å². The second-order valence-electron chi connectivity index (χ2n) is 4.96. The Hall–Kier alpha value is -1.30. The molecule has 0 bridgehead atoms. The Balaban J connectivity index is 2.57. The maximum atomic E-state index is 11.9. The van der Waals surface area contributed by atoms with Gasteiger partial charge in [0.2, 0.25) is 0 Å². The molecule has 1 fully saturated rings. The second-order valence-corrected chi connectivity index (χ2v) is 4.96. The third-order valence-electron chi connectivity index (χ3n) is 3.66. The minimum Gasteiger partial charge on any atom is -0.480 e. The molecule has 0 aromatic heterocycles. The zero-order valence-electron chi connectivity index (χ0n) is 10.9. The number of nitrogens with zero attached hydrogens (tertiary/aromatic N) is 1. The topological polar surface area (TPSA) is 89.9 Å². The molecule has 2 amide bonds. The number of aliphatic carboxylic acids is 1. The third kappa shape index (κ3) is 3.60. The first kappa shape index (κ1) is 14.8. The van der Waals surface area contributed by atoms with Gasteiger partial charge in [0.15, 0.2) is 6.04 Å². The Morgan fingerprint density at radius 1 is 1.39 bits per heavy atom. The number of carboxylic acids is 1. The van der Waals surface area contributed by atoms with E-state index in [9.17, 15) is 9.59 Å². The number of rotatable bonds is 4. The minimum atomic E-state index is -1.24. The number of hydrogen-bond donors (Lipinski definition) is 3. The van der Waals surface area contributed by atoms with Crippen LogP contribution in [0, 0.1) is 5.92 Å². The molecule has 0 spiro atoms. The molecule has 1 saturated carbocycles. The number of carbonyl (C=O) groups is 2. The largest absolute Gasteiger partial charge is 0.480 e. The Labute approximate surface area is 107 Å². The zero-order valence-corrected chi connectivity index (χ0v) is 10.9. The van der Waals surface area contributed by atoms with Crippen molar-refractivity contribution < 1.29 is 19.8 Å². The van der Waals surface area contributed by atoms with Crippen molar-refractivity contribution in [1.82, 2.24) is 10.2 Å². The number of carboxylic acid groups (broad SMARTS) is 1. The lowest BCUT2D eigenvalue weighted by Crippen LogP contribution is -2.52. The maximum absolute atomic E-state index is 11.9. The fraction of sp³-hybridized carbons (Fsp3) is 0.833. The molecule has 18 heavy (non-hydrogen) atoms. The Morgan fingerprint density at radius 2 is 2.00 bits per heavy atom. The van der Waals surface area contributed by atoms with Crippen LogP contribution < -0.4 is 5.32 Å². The van der Waals surface area contributed by atoms with Crippen LogP contribution in [0.3, 0.4) is 0 Å². The number of aliphatic hydroxyl groups is 1. The van der Waals surface area contributed by atoms with Crippen molar-refractivity contribution in [1.29, 1.82) is 0 Å². The van der Waals surface area contributed by atoms with Crippen molar-refractivity contribution in [3.8, 4) is 0 Å². The van der Waals surface area contributed by atoms with Crippen molar-refractivity contribution in [3.05, 3.63) is 0 Å². The van der Waals surface area contributed by atoms with Gasteiger partial charge < -0.3 is 20.4 Å². The van der Waals surface area contributed by atoms with Gasteiger partial charge in [-0.1, -0.05) is 19.8 Å². The van der Waals surface area contributed by atoms with Crippen LogP contribution in [0.2, 0.25) is 0 Å². The maximum Gasteiger partial charge on any atom is 0.328 e. The SMILES string of the molecule is CC1CCCCC1N(C)C(=O)N[C@H](CO)C(=O)O. The molecule has 0 aromatic carbocycles. The minimum absolute atomic E-state index is 0.145. The molecule has 0 aromatic rings. The highest BCUT2D eigenvalue weighted by Crippen LogP contribution is 2.27. The smallest absolute Gasteiger partial charge is 0.328 e. The van der Waals surface area contributed by atoms with E-state index in [-0.39, 0.29) is 6.04 Å². The Bertz CT molecular complexity index is 308. The quantitative estimate of drug-likeness (QED) is 0.690. The van der Waals surface area contributed by atoms with Gasteiger partial charge in [-0.15, -0.1) is 0 Å². The van der Waals surface area contributed by atoms with E-state index in [0.29, 0.717) is 5.92 Å². The molecule has 6 nitrogen and oxygen atoms in total. The van der Waals surface area contributed by atoms with Crippen LogP contribution in [0.1, 0.15) is 32.6 Å². The van der Waals surface area contributed by atoms with Gasteiger partial charge in [-0.05, 0) is 18.8 Å². The van der Waals surface area contributed by atoms with Gasteiger partial charge in [0, 0.05) is 13.1 Å². The summed E-state index contributed by atoms with van der Waals surface area (Å²) in [5.41, 5.74) is 0. The number of carbonyl (C=O) groups excluding carboxylic acids is 1. The summed E-state index contributed by atoms with van der Waals surface area (Å²) in [6.45, 7) is 1.50. The van der Waals surface area contributed by atoms with Crippen LogP contribution in [0.15, 0.2) is 0 Å². The summed E-state index contributed by atoms with van der Waals surface area (Å²) in [5, 5.41) is 20.0. The van der Waals surface area contributed by atoms with Crippen LogP contribution in [0.5, 0.6) is 0 Å². The third-order valence-corrected chi connectivity index (χ3v) is 3.66. The van der Waals surface area contributed by atoms with Gasteiger partial charge in [0.1, 0.15) is 0 Å². The molecule has 0 heterocycles. The van der Waals surface area contributed by atoms with Gasteiger partial charge in [-0.3, -0.25) is 0 Å². The van der Waals surface area contributed by atoms with Gasteiger partial charge >= 0.3 is 12.0 Å². The van der Waals surface area contributed by atoms with Crippen LogP contribution >= 0.6 is 0 Å². The van der Waals surface area contributed by atoms with Gasteiger partial charge in [0.05, 0.1) is 6.61 Å². The average Bonchev–Trinajstić information content (AvgIpc) is 2.35. The Kier molecular flexibility index (Phi) is 5.40. The molecule has 2 unspecified atom stereocenters. The van der Waals surface area contributed by atoms with Gasteiger partial charge in [-0.2, -0.15) is 0 Å². The second kappa shape index (κ2) is 6.58. The highest BCUT2D eigenvalue weighted by molar-refractivity contribution is 5.82. The number of urea groups is 1. The summed E-state index contributed by atoms with van der Waals surface area (Å²) < 4.78 is 0. The normalized spacial score (nSPS) is 25.3. The molecule has 1 rings (SSSR count). The van der Waals surface area contributed by atoms with Crippen molar-refractivity contribution >= 4 is 12.0 Å². The number of amides is 2. The van der Waals surface area contributed by atoms with Gasteiger partial charge in [0.25, 0.3) is 0 Å². The molecule has 0 aliphatic heterocycles. The van der Waals surface area contributed by atoms with Gasteiger partial charge in [-0.25, -0.2) is 9.59 Å². The molecule has 1 aliphatic rings. The number of aliphatic hydroxyl groups excluding tert-OH is 1. The molecular formula is C12H22N2O4. The molecule has 6 heteroatoms. The summed E-state index contributed by atoms with van der Waals surface area (Å²) in [6.07, 6.45) is 4.31. The molecule has 0 saturated heterocycles. The van der Waals surface area contributed by atoms with Crippen molar-refractivity contribution in [3.63, 3.8) is 0 Å². The predicted molar refractivity (Wildman–Crippen MR) is 66.2 cm³/mol. The predicted octanol–water partition coefficient (Wildman–Crippen LogP) is 0.652. The summed E-state index contributed by atoms with van der Waals surface area (Å²) in [7, 11) is 1.68. The standard InChI is InChI=1S/C12H22N2O4/c1-8-5-3-4-6-10(8)14(2)12(18)13-9(7-15)11(16)17/h8-10,15H,3-7H2,1-2H3,(H,13,18)(H,16,17)/t8?,9-,10?/m1/s1. The fourth-order valence-corrected chi connectivity index (χ4v) is 2.46. The number of hydrogen-bond acceptors (Lipinski definition) is 3. The van der Waals surface area contributed by atoms with E-state index in [1.54, 1.807) is 11.9 Å².